The maximum absolute atomic E-state index is 13.3. The van der Waals surface area contributed by atoms with E-state index in [0.29, 0.717) is 0 Å². The lowest BCUT2D eigenvalue weighted by Gasteiger charge is -2.46. The van der Waals surface area contributed by atoms with E-state index in [9.17, 15) is 40.2 Å². The molecule has 0 aromatic heterocycles. The average molecular weight is 596 g/mol. The average Bonchev–Trinajstić information content (AvgIpc) is 2.81. The standard InChI is InChI=1S/C20H27F4N2O9PS.H3N/c1-2-33-36(28,29)34-13-17(20(22,23)24)35-18(27)25-9-7-19(8-10-25)14-26(11-12-32-19)37(30,31)16-5-3-15(21)4-6-16;/h3-6,17H,2,7-14H2,1H3,(H,28,29);1H3/t17-;/m1./s1. The summed E-state index contributed by atoms with van der Waals surface area (Å²) in [5.74, 6) is -0.590. The van der Waals surface area contributed by atoms with E-state index in [1.165, 1.54) is 11.2 Å². The van der Waals surface area contributed by atoms with E-state index in [-0.39, 0.29) is 63.3 Å². The van der Waals surface area contributed by atoms with Gasteiger partial charge in [-0.15, -0.1) is 0 Å². The Labute approximate surface area is 217 Å². The van der Waals surface area contributed by atoms with Crippen molar-refractivity contribution in [3.8, 4) is 0 Å². The monoisotopic (exact) mass is 595 g/mol. The fraction of sp³-hybridized carbons (Fsp3) is 0.650. The highest BCUT2D eigenvalue weighted by Crippen LogP contribution is 2.40. The molecule has 1 aromatic carbocycles. The van der Waals surface area contributed by atoms with Crippen molar-refractivity contribution < 1.29 is 58.8 Å². The first kappa shape index (κ1) is 32.4. The number of alkyl halides is 3. The van der Waals surface area contributed by atoms with E-state index in [1.807, 2.05) is 0 Å². The number of rotatable bonds is 8. The third-order valence-corrected chi connectivity index (χ3v) is 8.78. The van der Waals surface area contributed by atoms with Gasteiger partial charge in [-0.05, 0) is 44.0 Å². The number of carbonyl (C=O) groups is 1. The first-order valence-corrected chi connectivity index (χ1v) is 14.1. The van der Waals surface area contributed by atoms with E-state index in [4.69, 9.17) is 4.74 Å². The molecule has 2 atom stereocenters. The number of quaternary nitrogens is 1. The van der Waals surface area contributed by atoms with Gasteiger partial charge in [0, 0.05) is 26.2 Å². The number of benzene rings is 1. The number of nitrogens with zero attached hydrogens (tertiary/aromatic N) is 2. The summed E-state index contributed by atoms with van der Waals surface area (Å²) >= 11 is 0. The van der Waals surface area contributed by atoms with Gasteiger partial charge >= 0.3 is 12.3 Å². The predicted molar refractivity (Wildman–Crippen MR) is 122 cm³/mol. The molecule has 1 aromatic rings. The number of halogens is 4. The molecule has 2 fully saturated rings. The summed E-state index contributed by atoms with van der Waals surface area (Å²) in [5, 5.41) is 0. The van der Waals surface area contributed by atoms with E-state index in [2.05, 4.69) is 13.8 Å². The molecule has 2 heterocycles. The lowest BCUT2D eigenvalue weighted by Crippen LogP contribution is -2.58. The molecule has 3 rings (SSSR count). The summed E-state index contributed by atoms with van der Waals surface area (Å²) in [7, 11) is -8.96. The lowest BCUT2D eigenvalue weighted by atomic mass is 9.90. The van der Waals surface area contributed by atoms with Gasteiger partial charge in [-0.1, -0.05) is 0 Å². The van der Waals surface area contributed by atoms with Gasteiger partial charge in [-0.25, -0.2) is 17.6 Å². The molecule has 2 aliphatic rings. The molecule has 38 heavy (non-hydrogen) atoms. The van der Waals surface area contributed by atoms with Gasteiger partial charge in [-0.3, -0.25) is 4.57 Å². The fourth-order valence-electron chi connectivity index (χ4n) is 3.92. The van der Waals surface area contributed by atoms with Crippen LogP contribution in [0, 0.1) is 5.82 Å². The number of ether oxygens (including phenoxy) is 2. The zero-order valence-electron chi connectivity index (χ0n) is 20.7. The van der Waals surface area contributed by atoms with Gasteiger partial charge in [0.05, 0.1) is 23.7 Å². The minimum Gasteiger partial charge on any atom is -0.756 e. The zero-order chi connectivity index (χ0) is 27.5. The molecule has 0 radical (unpaired) electrons. The number of sulfonamides is 1. The Kier molecular flexibility index (Phi) is 10.7. The lowest BCUT2D eigenvalue weighted by molar-refractivity contribution is -0.241. The van der Waals surface area contributed by atoms with Crippen LogP contribution in [0.15, 0.2) is 29.2 Å². The third-order valence-electron chi connectivity index (χ3n) is 5.88. The molecular formula is C20H30F4N3O9PS. The van der Waals surface area contributed by atoms with Crippen LogP contribution in [0.3, 0.4) is 0 Å². The number of piperidine rings is 1. The van der Waals surface area contributed by atoms with Crippen molar-refractivity contribution in [2.45, 2.75) is 42.5 Å². The van der Waals surface area contributed by atoms with Crippen molar-refractivity contribution in [1.29, 1.82) is 0 Å². The number of carbonyl (C=O) groups excluding carboxylic acids is 1. The Morgan fingerprint density at radius 1 is 1.18 bits per heavy atom. The minimum absolute atomic E-state index is 0. The molecule has 218 valence electrons. The highest BCUT2D eigenvalue weighted by molar-refractivity contribution is 7.89. The third kappa shape index (κ3) is 8.08. The molecule has 0 bridgehead atoms. The normalized spacial score (nSPS) is 20.8. The van der Waals surface area contributed by atoms with E-state index in [0.717, 1.165) is 29.2 Å². The number of likely N-dealkylation sites (tertiary alicyclic amines) is 1. The Morgan fingerprint density at radius 2 is 1.79 bits per heavy atom. The predicted octanol–water partition coefficient (Wildman–Crippen LogP) is 2.65. The summed E-state index contributed by atoms with van der Waals surface area (Å²) < 4.78 is 110. The highest BCUT2D eigenvalue weighted by atomic mass is 32.2. The maximum atomic E-state index is 13.3. The molecule has 2 aliphatic heterocycles. The first-order valence-electron chi connectivity index (χ1n) is 11.2. The smallest absolute Gasteiger partial charge is 0.427 e. The van der Waals surface area contributed by atoms with Gasteiger partial charge in [0.25, 0.3) is 7.82 Å². The largest absolute Gasteiger partial charge is 0.756 e. The number of hydrogen-bond donors (Lipinski definition) is 1. The summed E-state index contributed by atoms with van der Waals surface area (Å²) in [6.07, 6.45) is -9.11. The van der Waals surface area contributed by atoms with Crippen LogP contribution in [0.4, 0.5) is 22.4 Å². The van der Waals surface area contributed by atoms with Gasteiger partial charge in [0.15, 0.2) is 0 Å². The van der Waals surface area contributed by atoms with Crippen molar-refractivity contribution in [1.82, 2.24) is 15.4 Å². The molecule has 12 nitrogen and oxygen atoms in total. The zero-order valence-corrected chi connectivity index (χ0v) is 22.4. The van der Waals surface area contributed by atoms with Gasteiger partial charge in [0.2, 0.25) is 16.1 Å². The van der Waals surface area contributed by atoms with Crippen LogP contribution in [-0.4, -0.2) is 87.6 Å². The second-order valence-corrected chi connectivity index (χ2v) is 11.7. The summed E-state index contributed by atoms with van der Waals surface area (Å²) in [5.41, 5.74) is -0.985. The van der Waals surface area contributed by atoms with E-state index in [1.54, 1.807) is 0 Å². The van der Waals surface area contributed by atoms with Crippen molar-refractivity contribution in [2.24, 2.45) is 0 Å². The summed E-state index contributed by atoms with van der Waals surface area (Å²) in [6.45, 7) is -0.734. The topological polar surface area (TPSA) is 171 Å². The molecule has 1 amide bonds. The molecule has 0 aliphatic carbocycles. The molecule has 18 heteroatoms. The molecule has 1 unspecified atom stereocenters. The van der Waals surface area contributed by atoms with Crippen LogP contribution in [0.5, 0.6) is 0 Å². The molecule has 1 spiro atoms. The number of phosphoric ester groups is 1. The minimum atomic E-state index is -5.11. The van der Waals surface area contributed by atoms with Crippen molar-refractivity contribution in [2.75, 3.05) is 46.0 Å². The van der Waals surface area contributed by atoms with Gasteiger partial charge in [-0.2, -0.15) is 17.5 Å². The van der Waals surface area contributed by atoms with Gasteiger partial charge in [0.1, 0.15) is 12.4 Å². The quantitative estimate of drug-likeness (QED) is 0.350. The van der Waals surface area contributed by atoms with Crippen LogP contribution in [-0.2, 0) is 33.1 Å². The van der Waals surface area contributed by atoms with Crippen molar-refractivity contribution in [3.05, 3.63) is 30.1 Å². The van der Waals surface area contributed by atoms with Crippen molar-refractivity contribution in [3.63, 3.8) is 0 Å². The van der Waals surface area contributed by atoms with Gasteiger partial charge < -0.3 is 34.5 Å². The SMILES string of the molecule is CCOP(=O)([O-])OC[C@@H](OC(=O)N1CCC2(CC1)CN(S(=O)(=O)c1ccc(F)cc1)CCO2)C(F)(F)F.[NH4+]. The van der Waals surface area contributed by atoms with E-state index >= 15 is 0 Å². The Bertz CT molecular complexity index is 1100. The number of hydrogen-bond acceptors (Lipinski definition) is 9. The van der Waals surface area contributed by atoms with Crippen LogP contribution in [0.2, 0.25) is 0 Å². The van der Waals surface area contributed by atoms with Crippen LogP contribution < -0.4 is 11.0 Å². The number of phosphoric acid groups is 1. The maximum Gasteiger partial charge on any atom is 0.427 e. The van der Waals surface area contributed by atoms with Crippen molar-refractivity contribution >= 4 is 23.9 Å². The highest BCUT2D eigenvalue weighted by Gasteiger charge is 2.47. The molecule has 4 N–H and O–H groups in total. The Hall–Kier alpha value is -1.85. The molecular weight excluding hydrogens is 565 g/mol. The van der Waals surface area contributed by atoms with Crippen LogP contribution in [0.1, 0.15) is 19.8 Å². The Morgan fingerprint density at radius 3 is 2.34 bits per heavy atom. The number of amides is 1. The Balaban J connectivity index is 0.00000507. The van der Waals surface area contributed by atoms with Crippen LogP contribution in [0.25, 0.3) is 0 Å². The second-order valence-electron chi connectivity index (χ2n) is 8.39. The van der Waals surface area contributed by atoms with Crippen LogP contribution >= 0.6 is 7.82 Å². The molecule has 0 saturated carbocycles. The fourth-order valence-corrected chi connectivity index (χ4v) is 6.12. The second kappa shape index (κ2) is 12.6. The summed E-state index contributed by atoms with van der Waals surface area (Å²) in [6, 6.07) is 4.34. The first-order chi connectivity index (χ1) is 17.2. The summed E-state index contributed by atoms with van der Waals surface area (Å²) in [4.78, 5) is 24.7. The molecule has 2 saturated heterocycles. The number of morpholine rings is 1. The van der Waals surface area contributed by atoms with E-state index < -0.39 is 54.2 Å².